The van der Waals surface area contributed by atoms with Crippen LogP contribution in [-0.4, -0.2) is 44.2 Å². The molecule has 0 aromatic heterocycles. The molecule has 0 aliphatic carbocycles. The van der Waals surface area contributed by atoms with Gasteiger partial charge in [-0.2, -0.15) is 0 Å². The largest absolute Gasteiger partial charge is 0.381 e. The minimum Gasteiger partial charge on any atom is -0.381 e. The first kappa shape index (κ1) is 13.9. The van der Waals surface area contributed by atoms with Crippen molar-refractivity contribution in [2.75, 3.05) is 38.3 Å². The molecular formula is C9H18BrNO3. The summed E-state index contributed by atoms with van der Waals surface area (Å²) in [6.45, 7) is 4.63. The summed E-state index contributed by atoms with van der Waals surface area (Å²) in [7, 11) is 0. The van der Waals surface area contributed by atoms with Gasteiger partial charge in [-0.15, -0.1) is 0 Å². The van der Waals surface area contributed by atoms with Crippen molar-refractivity contribution in [3.05, 3.63) is 0 Å². The molecule has 0 saturated carbocycles. The van der Waals surface area contributed by atoms with E-state index in [1.165, 1.54) is 0 Å². The maximum Gasteiger partial charge on any atom is 0.245 e. The zero-order valence-corrected chi connectivity index (χ0v) is 10.1. The normalized spacial score (nSPS) is 10.1. The summed E-state index contributed by atoms with van der Waals surface area (Å²) in [6.07, 6.45) is 0.838. The first-order valence-corrected chi connectivity index (χ1v) is 5.91. The molecular weight excluding hydrogens is 250 g/mol. The van der Waals surface area contributed by atoms with Crippen LogP contribution in [0.1, 0.15) is 13.3 Å². The van der Waals surface area contributed by atoms with E-state index in [4.69, 9.17) is 9.47 Å². The van der Waals surface area contributed by atoms with Crippen molar-refractivity contribution in [3.63, 3.8) is 0 Å². The molecule has 0 radical (unpaired) electrons. The lowest BCUT2D eigenvalue weighted by Crippen LogP contribution is -2.29. The Morgan fingerprint density at radius 2 is 2.14 bits per heavy atom. The highest BCUT2D eigenvalue weighted by atomic mass is 79.9. The van der Waals surface area contributed by atoms with E-state index in [9.17, 15) is 4.79 Å². The number of carbonyl (C=O) groups is 1. The van der Waals surface area contributed by atoms with E-state index in [1.54, 1.807) is 0 Å². The van der Waals surface area contributed by atoms with Crippen LogP contribution in [0.5, 0.6) is 0 Å². The molecule has 4 nitrogen and oxygen atoms in total. The maximum absolute atomic E-state index is 11.0. The van der Waals surface area contributed by atoms with Crippen molar-refractivity contribution in [1.82, 2.24) is 5.32 Å². The third-order valence-electron chi connectivity index (χ3n) is 1.45. The molecule has 5 heteroatoms. The Kier molecular flexibility index (Phi) is 10.8. The molecule has 0 fully saturated rings. The number of halogens is 1. The summed E-state index contributed by atoms with van der Waals surface area (Å²) in [6, 6.07) is 0. The SMILES string of the molecule is CCOCC(=O)NCCCOCCBr. The van der Waals surface area contributed by atoms with Crippen molar-refractivity contribution in [3.8, 4) is 0 Å². The first-order chi connectivity index (χ1) is 6.81. The maximum atomic E-state index is 11.0. The average molecular weight is 268 g/mol. The fraction of sp³-hybridized carbons (Fsp3) is 0.889. The smallest absolute Gasteiger partial charge is 0.245 e. The van der Waals surface area contributed by atoms with Gasteiger partial charge in [0.1, 0.15) is 6.61 Å². The van der Waals surface area contributed by atoms with Gasteiger partial charge in [0.05, 0.1) is 6.61 Å². The van der Waals surface area contributed by atoms with Crippen LogP contribution in [0, 0.1) is 0 Å². The highest BCUT2D eigenvalue weighted by Crippen LogP contribution is 1.85. The van der Waals surface area contributed by atoms with Gasteiger partial charge < -0.3 is 14.8 Å². The Hall–Kier alpha value is -0.130. The highest BCUT2D eigenvalue weighted by Gasteiger charge is 1.98. The van der Waals surface area contributed by atoms with Gasteiger partial charge in [0.25, 0.3) is 0 Å². The Bertz CT molecular complexity index is 144. The lowest BCUT2D eigenvalue weighted by molar-refractivity contribution is -0.125. The van der Waals surface area contributed by atoms with Crippen LogP contribution in [0.3, 0.4) is 0 Å². The topological polar surface area (TPSA) is 47.6 Å². The lowest BCUT2D eigenvalue weighted by Gasteiger charge is -2.05. The highest BCUT2D eigenvalue weighted by molar-refractivity contribution is 9.09. The van der Waals surface area contributed by atoms with Crippen molar-refractivity contribution < 1.29 is 14.3 Å². The lowest BCUT2D eigenvalue weighted by atomic mass is 10.4. The van der Waals surface area contributed by atoms with E-state index in [0.717, 1.165) is 11.8 Å². The van der Waals surface area contributed by atoms with Crippen molar-refractivity contribution in [2.24, 2.45) is 0 Å². The van der Waals surface area contributed by atoms with Crippen LogP contribution in [0.25, 0.3) is 0 Å². The molecule has 0 rings (SSSR count). The molecule has 0 bridgehead atoms. The number of carbonyl (C=O) groups excluding carboxylic acids is 1. The minimum atomic E-state index is -0.0626. The van der Waals surface area contributed by atoms with Crippen LogP contribution in [0.2, 0.25) is 0 Å². The van der Waals surface area contributed by atoms with Gasteiger partial charge in [-0.25, -0.2) is 0 Å². The Labute approximate surface area is 93.5 Å². The molecule has 1 N–H and O–H groups in total. The van der Waals surface area contributed by atoms with E-state index >= 15 is 0 Å². The molecule has 14 heavy (non-hydrogen) atoms. The molecule has 0 aliphatic heterocycles. The second-order valence-corrected chi connectivity index (χ2v) is 3.43. The zero-order chi connectivity index (χ0) is 10.6. The monoisotopic (exact) mass is 267 g/mol. The van der Waals surface area contributed by atoms with Crippen LogP contribution >= 0.6 is 15.9 Å². The summed E-state index contributed by atoms with van der Waals surface area (Å²) >= 11 is 3.26. The number of amides is 1. The van der Waals surface area contributed by atoms with E-state index in [0.29, 0.717) is 26.4 Å². The second-order valence-electron chi connectivity index (χ2n) is 2.64. The van der Waals surface area contributed by atoms with Crippen LogP contribution < -0.4 is 5.32 Å². The van der Waals surface area contributed by atoms with E-state index in [1.807, 2.05) is 6.92 Å². The van der Waals surface area contributed by atoms with Gasteiger partial charge in [0.15, 0.2) is 0 Å². The van der Waals surface area contributed by atoms with Crippen LogP contribution in [-0.2, 0) is 14.3 Å². The molecule has 0 heterocycles. The summed E-state index contributed by atoms with van der Waals surface area (Å²) in [5.74, 6) is -0.0626. The number of hydrogen-bond donors (Lipinski definition) is 1. The van der Waals surface area contributed by atoms with Crippen molar-refractivity contribution >= 4 is 21.8 Å². The van der Waals surface area contributed by atoms with Gasteiger partial charge in [0, 0.05) is 25.1 Å². The fourth-order valence-electron chi connectivity index (χ4n) is 0.804. The van der Waals surface area contributed by atoms with Crippen molar-refractivity contribution in [1.29, 1.82) is 0 Å². The summed E-state index contributed by atoms with van der Waals surface area (Å²) in [5, 5.41) is 3.59. The number of rotatable bonds is 9. The summed E-state index contributed by atoms with van der Waals surface area (Å²) < 4.78 is 10.2. The zero-order valence-electron chi connectivity index (χ0n) is 8.55. The van der Waals surface area contributed by atoms with Gasteiger partial charge >= 0.3 is 0 Å². The number of hydrogen-bond acceptors (Lipinski definition) is 3. The molecule has 0 saturated heterocycles. The Morgan fingerprint density at radius 3 is 2.79 bits per heavy atom. The van der Waals surface area contributed by atoms with Crippen LogP contribution in [0.4, 0.5) is 0 Å². The third-order valence-corrected chi connectivity index (χ3v) is 1.77. The molecule has 0 aromatic carbocycles. The molecule has 0 unspecified atom stereocenters. The number of ether oxygens (including phenoxy) is 2. The average Bonchev–Trinajstić information content (AvgIpc) is 2.20. The Balaban J connectivity index is 3.07. The predicted molar refractivity (Wildman–Crippen MR) is 58.7 cm³/mol. The molecule has 1 amide bonds. The molecule has 0 spiro atoms. The predicted octanol–water partition coefficient (Wildman–Crippen LogP) is 0.941. The fourth-order valence-corrected chi connectivity index (χ4v) is 1.03. The second kappa shape index (κ2) is 10.9. The van der Waals surface area contributed by atoms with Gasteiger partial charge in [-0.1, -0.05) is 15.9 Å². The van der Waals surface area contributed by atoms with E-state index in [2.05, 4.69) is 21.2 Å². The quantitative estimate of drug-likeness (QED) is 0.500. The number of alkyl halides is 1. The van der Waals surface area contributed by atoms with Gasteiger partial charge in [-0.05, 0) is 13.3 Å². The van der Waals surface area contributed by atoms with Gasteiger partial charge in [-0.3, -0.25) is 4.79 Å². The Morgan fingerprint density at radius 1 is 1.36 bits per heavy atom. The summed E-state index contributed by atoms with van der Waals surface area (Å²) in [4.78, 5) is 11.0. The van der Waals surface area contributed by atoms with Crippen molar-refractivity contribution in [2.45, 2.75) is 13.3 Å². The van der Waals surface area contributed by atoms with Crippen LogP contribution in [0.15, 0.2) is 0 Å². The standard InChI is InChI=1S/C9H18BrNO3/c1-2-13-8-9(12)11-5-3-6-14-7-4-10/h2-8H2,1H3,(H,11,12). The summed E-state index contributed by atoms with van der Waals surface area (Å²) in [5.41, 5.74) is 0. The van der Waals surface area contributed by atoms with E-state index < -0.39 is 0 Å². The molecule has 0 atom stereocenters. The van der Waals surface area contributed by atoms with E-state index in [-0.39, 0.29) is 12.5 Å². The molecule has 0 aromatic rings. The first-order valence-electron chi connectivity index (χ1n) is 4.79. The van der Waals surface area contributed by atoms with Gasteiger partial charge in [0.2, 0.25) is 5.91 Å². The number of nitrogens with one attached hydrogen (secondary N) is 1. The molecule has 84 valence electrons. The minimum absolute atomic E-state index is 0.0626. The molecule has 0 aliphatic rings. The third kappa shape index (κ3) is 9.95.